The summed E-state index contributed by atoms with van der Waals surface area (Å²) in [7, 11) is 1.16. The van der Waals surface area contributed by atoms with Gasteiger partial charge in [-0.3, -0.25) is 15.0 Å². The molecule has 0 radical (unpaired) electrons. The molecule has 0 aromatic heterocycles. The van der Waals surface area contributed by atoms with Crippen LogP contribution < -0.4 is 10.2 Å². The summed E-state index contributed by atoms with van der Waals surface area (Å²) in [6.45, 7) is 3.64. The summed E-state index contributed by atoms with van der Waals surface area (Å²) in [5, 5.41) is 2.70. The fourth-order valence-electron chi connectivity index (χ4n) is 2.29. The summed E-state index contributed by atoms with van der Waals surface area (Å²) < 4.78 is 37.1. The van der Waals surface area contributed by atoms with Crippen molar-refractivity contribution in [3.8, 4) is 0 Å². The Hall–Kier alpha value is -1.81. The van der Waals surface area contributed by atoms with Crippen LogP contribution in [0.1, 0.15) is 5.56 Å². The zero-order valence-corrected chi connectivity index (χ0v) is 16.6. The highest BCUT2D eigenvalue weighted by molar-refractivity contribution is 6.68. The number of aliphatic imine (C=N–C) groups is 1. The van der Waals surface area contributed by atoms with Crippen LogP contribution in [0.4, 0.5) is 23.7 Å². The number of rotatable bonds is 5. The summed E-state index contributed by atoms with van der Waals surface area (Å²) >= 11 is 17.6. The lowest BCUT2D eigenvalue weighted by Crippen LogP contribution is -2.42. The molecule has 1 N–H and O–H groups in total. The minimum absolute atomic E-state index is 0.150. The van der Waals surface area contributed by atoms with E-state index in [1.54, 1.807) is 0 Å². The van der Waals surface area contributed by atoms with Crippen molar-refractivity contribution in [2.45, 2.75) is 16.1 Å². The molecule has 1 atom stereocenters. The number of amidine groups is 1. The number of carbonyl (C=O) groups is 2. The first-order valence-corrected chi connectivity index (χ1v) is 8.79. The summed E-state index contributed by atoms with van der Waals surface area (Å²) in [4.78, 5) is 30.4. The molecule has 1 aliphatic rings. The van der Waals surface area contributed by atoms with Gasteiger partial charge >= 0.3 is 12.2 Å². The van der Waals surface area contributed by atoms with Gasteiger partial charge in [-0.15, -0.1) is 6.58 Å². The molecule has 2 rings (SSSR count). The molecule has 3 amide bonds. The van der Waals surface area contributed by atoms with Gasteiger partial charge in [0, 0.05) is 13.6 Å². The van der Waals surface area contributed by atoms with E-state index in [4.69, 9.17) is 34.8 Å². The number of imide groups is 1. The second-order valence-corrected chi connectivity index (χ2v) is 7.99. The maximum atomic E-state index is 13.0. The molecule has 0 saturated carbocycles. The number of hydrogen-bond acceptors (Lipinski definition) is 4. The van der Waals surface area contributed by atoms with E-state index in [1.807, 2.05) is 0 Å². The van der Waals surface area contributed by atoms with E-state index >= 15 is 0 Å². The highest BCUT2D eigenvalue weighted by Gasteiger charge is 2.44. The Kier molecular flexibility index (Phi) is 6.65. The van der Waals surface area contributed by atoms with Gasteiger partial charge in [-0.2, -0.15) is 13.2 Å². The maximum Gasteiger partial charge on any atom is 0.416 e. The smallest absolute Gasteiger partial charge is 0.289 e. The van der Waals surface area contributed by atoms with Crippen molar-refractivity contribution in [2.24, 2.45) is 4.99 Å². The molecule has 6 nitrogen and oxygen atoms in total. The van der Waals surface area contributed by atoms with Crippen LogP contribution in [0, 0.1) is 0 Å². The number of carbonyl (C=O) groups excluding carboxylic acids is 2. The molecule has 0 spiro atoms. The third-order valence-corrected chi connectivity index (χ3v) is 4.25. The lowest BCUT2D eigenvalue weighted by Gasteiger charge is -2.23. The first-order valence-electron chi connectivity index (χ1n) is 7.66. The van der Waals surface area contributed by atoms with Gasteiger partial charge in [0.15, 0.2) is 0 Å². The van der Waals surface area contributed by atoms with Crippen LogP contribution in [0.3, 0.4) is 0 Å². The van der Waals surface area contributed by atoms with Gasteiger partial charge < -0.3 is 0 Å². The summed E-state index contributed by atoms with van der Waals surface area (Å²) in [6.07, 6.45) is -4.47. The van der Waals surface area contributed by atoms with Gasteiger partial charge in [0.1, 0.15) is 6.17 Å². The average molecular weight is 458 g/mol. The second kappa shape index (κ2) is 8.28. The normalized spacial score (nSPS) is 18.2. The molecule has 1 aromatic carbocycles. The quantitative estimate of drug-likeness (QED) is 0.413. The highest BCUT2D eigenvalue weighted by atomic mass is 35.6. The lowest BCUT2D eigenvalue weighted by atomic mass is 10.2. The van der Waals surface area contributed by atoms with Gasteiger partial charge in [0.05, 0.1) is 11.3 Å². The summed E-state index contributed by atoms with van der Waals surface area (Å²) in [5.41, 5.74) is -1.20. The van der Waals surface area contributed by atoms with E-state index in [9.17, 15) is 22.8 Å². The van der Waals surface area contributed by atoms with E-state index in [1.165, 1.54) is 12.1 Å². The number of hydrogen-bond donors (Lipinski definition) is 1. The number of likely N-dealkylation sites (N-methyl/N-ethyl adjacent to an activating group) is 1. The van der Waals surface area contributed by atoms with Crippen LogP contribution >= 0.6 is 34.8 Å². The van der Waals surface area contributed by atoms with Crippen molar-refractivity contribution in [2.75, 3.05) is 18.5 Å². The standard InChI is InChI=1S/C16H14Cl3F3N4O2/c1-3-7-23-13(15(17,18)19)24-11-12(27)25(2)14(28)26(11)10-6-4-5-9(8-10)16(20,21)22/h3-6,8,13,23H,1,7H2,2H3/b24-11+. The van der Waals surface area contributed by atoms with Crippen molar-refractivity contribution in [1.29, 1.82) is 0 Å². The van der Waals surface area contributed by atoms with Crippen molar-refractivity contribution >= 4 is 58.3 Å². The molecule has 28 heavy (non-hydrogen) atoms. The third-order valence-electron chi connectivity index (χ3n) is 3.63. The molecule has 152 valence electrons. The van der Waals surface area contributed by atoms with Crippen LogP contribution in [0.25, 0.3) is 0 Å². The molecule has 0 bridgehead atoms. The molecule has 1 fully saturated rings. The maximum absolute atomic E-state index is 13.0. The Bertz CT molecular complexity index is 824. The van der Waals surface area contributed by atoms with Crippen molar-refractivity contribution in [3.05, 3.63) is 42.5 Å². The van der Waals surface area contributed by atoms with Crippen molar-refractivity contribution < 1.29 is 22.8 Å². The predicted molar refractivity (Wildman–Crippen MR) is 102 cm³/mol. The average Bonchev–Trinajstić information content (AvgIpc) is 2.81. The van der Waals surface area contributed by atoms with Crippen molar-refractivity contribution in [3.63, 3.8) is 0 Å². The lowest BCUT2D eigenvalue weighted by molar-refractivity contribution is -0.137. The van der Waals surface area contributed by atoms with Gasteiger partial charge in [0.2, 0.25) is 9.63 Å². The van der Waals surface area contributed by atoms with E-state index < -0.39 is 39.5 Å². The van der Waals surface area contributed by atoms with Crippen LogP contribution in [0.5, 0.6) is 0 Å². The van der Waals surface area contributed by atoms with E-state index in [-0.39, 0.29) is 12.2 Å². The number of nitrogens with zero attached hydrogens (tertiary/aromatic N) is 3. The number of nitrogens with one attached hydrogen (secondary N) is 1. The monoisotopic (exact) mass is 456 g/mol. The number of anilines is 1. The fourth-order valence-corrected chi connectivity index (χ4v) is 2.67. The minimum atomic E-state index is -4.64. The largest absolute Gasteiger partial charge is 0.416 e. The third kappa shape index (κ3) is 4.78. The molecule has 1 unspecified atom stereocenters. The van der Waals surface area contributed by atoms with E-state index in [2.05, 4.69) is 16.9 Å². The van der Waals surface area contributed by atoms with Crippen LogP contribution in [-0.4, -0.2) is 46.2 Å². The van der Waals surface area contributed by atoms with Crippen LogP contribution in [-0.2, 0) is 11.0 Å². The molecule has 1 saturated heterocycles. The number of benzene rings is 1. The van der Waals surface area contributed by atoms with Gasteiger partial charge in [0.25, 0.3) is 5.91 Å². The van der Waals surface area contributed by atoms with Gasteiger partial charge in [-0.1, -0.05) is 46.9 Å². The number of halogens is 6. The second-order valence-electron chi connectivity index (χ2n) is 5.62. The zero-order chi connectivity index (χ0) is 21.3. The number of alkyl halides is 6. The van der Waals surface area contributed by atoms with Crippen molar-refractivity contribution in [1.82, 2.24) is 10.2 Å². The first kappa shape index (κ1) is 22.5. The molecule has 12 heteroatoms. The molecular weight excluding hydrogens is 444 g/mol. The number of amides is 3. The zero-order valence-electron chi connectivity index (χ0n) is 14.3. The topological polar surface area (TPSA) is 65.0 Å². The van der Waals surface area contributed by atoms with E-state index in [0.29, 0.717) is 4.90 Å². The Morgan fingerprint density at radius 3 is 2.46 bits per heavy atom. The summed E-state index contributed by atoms with van der Waals surface area (Å²) in [5.74, 6) is -1.35. The Morgan fingerprint density at radius 2 is 1.93 bits per heavy atom. The fraction of sp³-hybridized carbons (Fsp3) is 0.312. The SMILES string of the molecule is C=CCNC(/N=C1\C(=O)N(C)C(=O)N1c1cccc(C(F)(F)F)c1)C(Cl)(Cl)Cl. The van der Waals surface area contributed by atoms with Crippen LogP contribution in [0.15, 0.2) is 41.9 Å². The van der Waals surface area contributed by atoms with Gasteiger partial charge in [-0.05, 0) is 18.2 Å². The Labute approximate surface area is 173 Å². The van der Waals surface area contributed by atoms with E-state index in [0.717, 1.165) is 30.1 Å². The minimum Gasteiger partial charge on any atom is -0.289 e. The Balaban J connectivity index is 2.56. The van der Waals surface area contributed by atoms with Crippen LogP contribution in [0.2, 0.25) is 0 Å². The predicted octanol–water partition coefficient (Wildman–Crippen LogP) is 3.97. The first-order chi connectivity index (χ1) is 12.9. The Morgan fingerprint density at radius 1 is 1.29 bits per heavy atom. The molecule has 1 aliphatic heterocycles. The molecule has 1 heterocycles. The van der Waals surface area contributed by atoms with Gasteiger partial charge in [-0.25, -0.2) is 14.7 Å². The number of urea groups is 1. The molecule has 1 aromatic rings. The molecular formula is C16H14Cl3F3N4O2. The highest BCUT2D eigenvalue weighted by Crippen LogP contribution is 2.34. The summed E-state index contributed by atoms with van der Waals surface area (Å²) in [6, 6.07) is 3.00. The molecule has 0 aliphatic carbocycles.